The van der Waals surface area contributed by atoms with Crippen LogP contribution in [0.4, 0.5) is 4.79 Å². The molecule has 176 valence electrons. The molecule has 2 N–H and O–H groups in total. The van der Waals surface area contributed by atoms with Crippen molar-refractivity contribution in [2.45, 2.75) is 26.0 Å². The minimum atomic E-state index is -0.273. The topological polar surface area (TPSA) is 83.4 Å². The molecule has 0 aromatic heterocycles. The van der Waals surface area contributed by atoms with Crippen molar-refractivity contribution in [1.82, 2.24) is 10.3 Å². The number of aliphatic hydroxyl groups is 1. The lowest BCUT2D eigenvalue weighted by Gasteiger charge is -2.22. The molecule has 4 rings (SSSR count). The number of nitrogens with one attached hydrogen (secondary N) is 1. The minimum Gasteiger partial charge on any atom is -0.493 e. The molecule has 3 aromatic carbocycles. The van der Waals surface area contributed by atoms with Gasteiger partial charge in [0.05, 0.1) is 32.6 Å². The largest absolute Gasteiger partial charge is 0.493 e. The zero-order chi connectivity index (χ0) is 24.2. The van der Waals surface area contributed by atoms with Gasteiger partial charge in [-0.15, -0.1) is 0 Å². The molecular formula is C27H29N3O4. The maximum Gasteiger partial charge on any atom is 0.337 e. The lowest BCUT2D eigenvalue weighted by molar-refractivity contribution is 0.184. The van der Waals surface area contributed by atoms with Gasteiger partial charge >= 0.3 is 6.03 Å². The quantitative estimate of drug-likeness (QED) is 0.599. The second kappa shape index (κ2) is 9.97. The fourth-order valence-electron chi connectivity index (χ4n) is 4.30. The van der Waals surface area contributed by atoms with Crippen molar-refractivity contribution >= 4 is 11.7 Å². The molecule has 0 spiro atoms. The number of hydrogen-bond donors (Lipinski definition) is 2. The molecule has 1 heterocycles. The molecule has 0 fully saturated rings. The zero-order valence-electron chi connectivity index (χ0n) is 19.8. The molecule has 1 aliphatic rings. The average Bonchev–Trinajstić information content (AvgIpc) is 3.02. The Kier molecular flexibility index (Phi) is 6.84. The minimum absolute atomic E-state index is 0.0292. The number of urea groups is 1. The number of hydrazone groups is 1. The Morgan fingerprint density at radius 3 is 2.32 bits per heavy atom. The summed E-state index contributed by atoms with van der Waals surface area (Å²) in [5.74, 6) is 1.24. The van der Waals surface area contributed by atoms with E-state index in [1.54, 1.807) is 21.3 Å². The van der Waals surface area contributed by atoms with Crippen molar-refractivity contribution in [3.05, 3.63) is 82.9 Å². The second-order valence-corrected chi connectivity index (χ2v) is 8.16. The SMILES string of the molecule is CNC(=O)N1N=C(c2ccc(-c3ccccc3CO)cc2)c2cc(OC)c(OC)cc2CC1C. The van der Waals surface area contributed by atoms with E-state index in [-0.39, 0.29) is 18.7 Å². The van der Waals surface area contributed by atoms with Crippen LogP contribution in [0.2, 0.25) is 0 Å². The van der Waals surface area contributed by atoms with Gasteiger partial charge in [0.15, 0.2) is 11.5 Å². The van der Waals surface area contributed by atoms with Crippen LogP contribution in [0.15, 0.2) is 65.8 Å². The number of aliphatic hydroxyl groups excluding tert-OH is 1. The van der Waals surface area contributed by atoms with Gasteiger partial charge < -0.3 is 19.9 Å². The number of nitrogens with zero attached hydrogens (tertiary/aromatic N) is 2. The number of carbonyl (C=O) groups is 1. The summed E-state index contributed by atoms with van der Waals surface area (Å²) in [6.45, 7) is 1.94. The van der Waals surface area contributed by atoms with Crippen molar-refractivity contribution in [2.75, 3.05) is 21.3 Å². The highest BCUT2D eigenvalue weighted by Gasteiger charge is 2.28. The van der Waals surface area contributed by atoms with Crippen molar-refractivity contribution < 1.29 is 19.4 Å². The average molecular weight is 460 g/mol. The highest BCUT2D eigenvalue weighted by atomic mass is 16.5. The first-order valence-corrected chi connectivity index (χ1v) is 11.1. The first-order chi connectivity index (χ1) is 16.5. The number of fused-ring (bicyclic) bond motifs is 1. The highest BCUT2D eigenvalue weighted by Crippen LogP contribution is 2.35. The van der Waals surface area contributed by atoms with Gasteiger partial charge in [-0.25, -0.2) is 9.80 Å². The number of hydrogen-bond acceptors (Lipinski definition) is 5. The molecule has 0 saturated carbocycles. The molecule has 0 aliphatic carbocycles. The smallest absolute Gasteiger partial charge is 0.337 e. The van der Waals surface area contributed by atoms with E-state index in [1.165, 1.54) is 5.01 Å². The maximum atomic E-state index is 12.6. The predicted molar refractivity (Wildman–Crippen MR) is 132 cm³/mol. The molecule has 7 nitrogen and oxygen atoms in total. The van der Waals surface area contributed by atoms with Crippen LogP contribution < -0.4 is 14.8 Å². The lowest BCUT2D eigenvalue weighted by atomic mass is 9.92. The van der Waals surface area contributed by atoms with Gasteiger partial charge in [0.1, 0.15) is 0 Å². The van der Waals surface area contributed by atoms with Gasteiger partial charge in [0.25, 0.3) is 0 Å². The first-order valence-electron chi connectivity index (χ1n) is 11.1. The summed E-state index contributed by atoms with van der Waals surface area (Å²) in [5, 5.41) is 18.7. The predicted octanol–water partition coefficient (Wildman–Crippen LogP) is 4.20. The van der Waals surface area contributed by atoms with Crippen molar-refractivity contribution in [2.24, 2.45) is 5.10 Å². The third kappa shape index (κ3) is 4.34. The summed E-state index contributed by atoms with van der Waals surface area (Å²) in [4.78, 5) is 12.6. The van der Waals surface area contributed by atoms with Crippen LogP contribution in [0, 0.1) is 0 Å². The third-order valence-corrected chi connectivity index (χ3v) is 6.08. The number of carbonyl (C=O) groups excluding carboxylic acids is 1. The summed E-state index contributed by atoms with van der Waals surface area (Å²) in [7, 11) is 4.81. The molecular weight excluding hydrogens is 430 g/mol. The standard InChI is InChI=1S/C27H29N3O4/c1-17-13-21-14-24(33-3)25(34-4)15-23(21)26(29-30(17)27(32)28-2)19-11-9-18(10-12-19)22-8-6-5-7-20(22)16-31/h5-12,14-15,17,31H,13,16H2,1-4H3,(H,28,32). The number of benzene rings is 3. The number of rotatable bonds is 5. The zero-order valence-corrected chi connectivity index (χ0v) is 19.8. The molecule has 0 saturated heterocycles. The van der Waals surface area contributed by atoms with E-state index in [9.17, 15) is 9.90 Å². The Bertz CT molecular complexity index is 1220. The van der Waals surface area contributed by atoms with Gasteiger partial charge in [0.2, 0.25) is 0 Å². The van der Waals surface area contributed by atoms with E-state index in [0.29, 0.717) is 23.6 Å². The maximum absolute atomic E-state index is 12.6. The molecule has 1 unspecified atom stereocenters. The summed E-state index contributed by atoms with van der Waals surface area (Å²) in [6, 6.07) is 19.2. The van der Waals surface area contributed by atoms with Crippen molar-refractivity contribution in [3.63, 3.8) is 0 Å². The Morgan fingerprint density at radius 2 is 1.68 bits per heavy atom. The molecule has 2 amide bonds. The Morgan fingerprint density at radius 1 is 1.03 bits per heavy atom. The third-order valence-electron chi connectivity index (χ3n) is 6.08. The Labute approximate surface area is 199 Å². The van der Waals surface area contributed by atoms with Gasteiger partial charge in [-0.1, -0.05) is 48.5 Å². The van der Waals surface area contributed by atoms with Crippen molar-refractivity contribution in [3.8, 4) is 22.6 Å². The Hall–Kier alpha value is -3.84. The molecule has 34 heavy (non-hydrogen) atoms. The van der Waals surface area contributed by atoms with Gasteiger partial charge in [-0.05, 0) is 47.7 Å². The highest BCUT2D eigenvalue weighted by molar-refractivity contribution is 6.14. The van der Waals surface area contributed by atoms with Crippen LogP contribution in [-0.2, 0) is 13.0 Å². The van der Waals surface area contributed by atoms with Crippen LogP contribution in [0.25, 0.3) is 11.1 Å². The van der Waals surface area contributed by atoms with E-state index in [2.05, 4.69) is 5.32 Å². The van der Waals surface area contributed by atoms with E-state index in [1.807, 2.05) is 67.6 Å². The summed E-state index contributed by atoms with van der Waals surface area (Å²) < 4.78 is 11.1. The van der Waals surface area contributed by atoms with Crippen LogP contribution in [0.5, 0.6) is 11.5 Å². The molecule has 3 aromatic rings. The molecule has 1 atom stereocenters. The lowest BCUT2D eigenvalue weighted by Crippen LogP contribution is -2.41. The first kappa shape index (κ1) is 23.3. The van der Waals surface area contributed by atoms with E-state index >= 15 is 0 Å². The second-order valence-electron chi connectivity index (χ2n) is 8.16. The molecule has 0 bridgehead atoms. The summed E-state index contributed by atoms with van der Waals surface area (Å²) in [5.41, 5.74) is 6.28. The van der Waals surface area contributed by atoms with Crippen molar-refractivity contribution in [1.29, 1.82) is 0 Å². The van der Waals surface area contributed by atoms with Crippen LogP contribution in [0.1, 0.15) is 29.2 Å². The van der Waals surface area contributed by atoms with Gasteiger partial charge in [0, 0.05) is 18.2 Å². The van der Waals surface area contributed by atoms with Crippen LogP contribution >= 0.6 is 0 Å². The Balaban J connectivity index is 1.86. The summed E-state index contributed by atoms with van der Waals surface area (Å²) >= 11 is 0. The molecule has 7 heteroatoms. The number of amides is 2. The van der Waals surface area contributed by atoms with E-state index in [0.717, 1.165) is 33.4 Å². The van der Waals surface area contributed by atoms with E-state index < -0.39 is 0 Å². The van der Waals surface area contributed by atoms with Crippen LogP contribution in [-0.4, -0.2) is 49.2 Å². The molecule has 1 aliphatic heterocycles. The monoisotopic (exact) mass is 459 g/mol. The fourth-order valence-corrected chi connectivity index (χ4v) is 4.30. The fraction of sp³-hybridized carbons (Fsp3) is 0.259. The number of ether oxygens (including phenoxy) is 2. The summed E-state index contributed by atoms with van der Waals surface area (Å²) in [6.07, 6.45) is 0.609. The molecule has 0 radical (unpaired) electrons. The number of methoxy groups -OCH3 is 2. The van der Waals surface area contributed by atoms with E-state index in [4.69, 9.17) is 14.6 Å². The van der Waals surface area contributed by atoms with Gasteiger partial charge in [-0.2, -0.15) is 5.10 Å². The van der Waals surface area contributed by atoms with Crippen LogP contribution in [0.3, 0.4) is 0 Å². The normalized spacial score (nSPS) is 15.1. The van der Waals surface area contributed by atoms with Gasteiger partial charge in [-0.3, -0.25) is 0 Å².